The molecule has 148 valence electrons. The van der Waals surface area contributed by atoms with Crippen LogP contribution in [0, 0.1) is 5.92 Å². The molecule has 0 bridgehead atoms. The molecule has 0 aromatic heterocycles. The number of amides is 2. The van der Waals surface area contributed by atoms with Gasteiger partial charge >= 0.3 is 0 Å². The lowest BCUT2D eigenvalue weighted by molar-refractivity contribution is -0.119. The molecule has 1 fully saturated rings. The van der Waals surface area contributed by atoms with Crippen LogP contribution in [0.4, 0.5) is 11.4 Å². The van der Waals surface area contributed by atoms with Crippen LogP contribution in [0.25, 0.3) is 0 Å². The second-order valence-corrected chi connectivity index (χ2v) is 8.63. The van der Waals surface area contributed by atoms with E-state index in [0.29, 0.717) is 18.0 Å². The molecular weight excluding hydrogens is 404 g/mol. The maximum atomic E-state index is 12.5. The molecule has 1 unspecified atom stereocenters. The third-order valence-electron chi connectivity index (χ3n) is 4.22. The maximum absolute atomic E-state index is 12.5. The van der Waals surface area contributed by atoms with Gasteiger partial charge in [0.1, 0.15) is 5.75 Å². The third kappa shape index (κ3) is 3.98. The van der Waals surface area contributed by atoms with Crippen molar-refractivity contribution in [3.63, 3.8) is 0 Å². The lowest BCUT2D eigenvalue weighted by Gasteiger charge is -2.16. The molecule has 1 N–H and O–H groups in total. The Hall–Kier alpha value is -2.58. The Balaban J connectivity index is 1.80. The molecule has 1 atom stereocenters. The summed E-state index contributed by atoms with van der Waals surface area (Å²) in [5.41, 5.74) is 0.841. The summed E-state index contributed by atoms with van der Waals surface area (Å²) in [6.07, 6.45) is 0. The van der Waals surface area contributed by atoms with Crippen molar-refractivity contribution in [2.24, 2.45) is 5.92 Å². The van der Waals surface area contributed by atoms with Crippen LogP contribution in [0.15, 0.2) is 42.5 Å². The zero-order valence-corrected chi connectivity index (χ0v) is 16.9. The first-order valence-corrected chi connectivity index (χ1v) is 10.6. The summed E-state index contributed by atoms with van der Waals surface area (Å²) in [7, 11) is -3.73. The van der Waals surface area contributed by atoms with Crippen LogP contribution < -0.4 is 14.4 Å². The van der Waals surface area contributed by atoms with Crippen LogP contribution in [0.5, 0.6) is 5.75 Å². The molecule has 2 aromatic rings. The Morgan fingerprint density at radius 1 is 1.25 bits per heavy atom. The van der Waals surface area contributed by atoms with Gasteiger partial charge in [0.25, 0.3) is 5.91 Å². The molecule has 2 amide bonds. The Morgan fingerprint density at radius 3 is 2.46 bits per heavy atom. The first kappa shape index (κ1) is 20.2. The predicted molar refractivity (Wildman–Crippen MR) is 107 cm³/mol. The predicted octanol–water partition coefficient (Wildman–Crippen LogP) is 3.30. The summed E-state index contributed by atoms with van der Waals surface area (Å²) in [6.45, 7) is 3.98. The molecule has 1 aliphatic heterocycles. The highest BCUT2D eigenvalue weighted by molar-refractivity contribution is 7.94. The fourth-order valence-corrected chi connectivity index (χ4v) is 4.97. The second-order valence-electron chi connectivity index (χ2n) is 6.36. The topological polar surface area (TPSA) is 92.8 Å². The van der Waals surface area contributed by atoms with Gasteiger partial charge in [-0.2, -0.15) is 0 Å². The lowest BCUT2D eigenvalue weighted by atomic mass is 10.1. The summed E-state index contributed by atoms with van der Waals surface area (Å²) >= 11 is 6.20. The zero-order chi connectivity index (χ0) is 20.5. The molecule has 9 heteroatoms. The van der Waals surface area contributed by atoms with Crippen molar-refractivity contribution >= 4 is 44.8 Å². The van der Waals surface area contributed by atoms with Gasteiger partial charge in [0.2, 0.25) is 15.9 Å². The molecule has 1 heterocycles. The minimum absolute atomic E-state index is 0.0449. The van der Waals surface area contributed by atoms with Gasteiger partial charge in [0.15, 0.2) is 0 Å². The van der Waals surface area contributed by atoms with Gasteiger partial charge < -0.3 is 10.1 Å². The normalized spacial score (nSPS) is 18.2. The summed E-state index contributed by atoms with van der Waals surface area (Å²) < 4.78 is 30.5. The summed E-state index contributed by atoms with van der Waals surface area (Å²) in [6, 6.07) is 11.0. The number of anilines is 2. The van der Waals surface area contributed by atoms with Crippen LogP contribution >= 0.6 is 11.6 Å². The van der Waals surface area contributed by atoms with E-state index in [1.54, 1.807) is 31.2 Å². The standard InChI is InChI=1S/C19H19ClN2O5S/c1-3-27-15-7-4-13(5-8-15)21-18(23)16-9-6-14(10-17(16)20)22-19(24)12(2)11-28(22,25)26/h4-10,12H,3,11H2,1-2H3,(H,21,23). The van der Waals surface area contributed by atoms with E-state index in [9.17, 15) is 18.0 Å². The maximum Gasteiger partial charge on any atom is 0.257 e. The molecule has 0 radical (unpaired) electrons. The number of rotatable bonds is 5. The van der Waals surface area contributed by atoms with Crippen molar-refractivity contribution < 1.29 is 22.7 Å². The first-order valence-electron chi connectivity index (χ1n) is 8.63. The van der Waals surface area contributed by atoms with E-state index in [4.69, 9.17) is 16.3 Å². The fourth-order valence-electron chi connectivity index (χ4n) is 2.90. The Kier molecular flexibility index (Phi) is 5.62. The average molecular weight is 423 g/mol. The molecular formula is C19H19ClN2O5S. The minimum Gasteiger partial charge on any atom is -0.494 e. The van der Waals surface area contributed by atoms with Crippen LogP contribution in [0.2, 0.25) is 5.02 Å². The second kappa shape index (κ2) is 7.81. The summed E-state index contributed by atoms with van der Waals surface area (Å²) in [5, 5.41) is 2.76. The molecule has 1 aliphatic rings. The molecule has 2 aromatic carbocycles. The minimum atomic E-state index is -3.73. The monoisotopic (exact) mass is 422 g/mol. The van der Waals surface area contributed by atoms with Crippen molar-refractivity contribution in [1.29, 1.82) is 0 Å². The number of carbonyl (C=O) groups excluding carboxylic acids is 2. The van der Waals surface area contributed by atoms with Gasteiger partial charge in [0.05, 0.1) is 34.6 Å². The van der Waals surface area contributed by atoms with E-state index in [2.05, 4.69) is 5.32 Å². The van der Waals surface area contributed by atoms with Crippen LogP contribution in [-0.2, 0) is 14.8 Å². The fraction of sp³-hybridized carbons (Fsp3) is 0.263. The summed E-state index contributed by atoms with van der Waals surface area (Å²) in [4.78, 5) is 24.7. The Labute approximate surface area is 168 Å². The first-order chi connectivity index (χ1) is 13.2. The van der Waals surface area contributed by atoms with E-state index in [1.165, 1.54) is 18.2 Å². The molecule has 1 saturated heterocycles. The van der Waals surface area contributed by atoms with E-state index < -0.39 is 27.8 Å². The smallest absolute Gasteiger partial charge is 0.257 e. The van der Waals surface area contributed by atoms with E-state index >= 15 is 0 Å². The number of nitrogens with zero attached hydrogens (tertiary/aromatic N) is 1. The van der Waals surface area contributed by atoms with Gasteiger partial charge in [-0.05, 0) is 49.4 Å². The van der Waals surface area contributed by atoms with Crippen molar-refractivity contribution in [3.05, 3.63) is 53.1 Å². The number of carbonyl (C=O) groups is 2. The molecule has 28 heavy (non-hydrogen) atoms. The number of hydrogen-bond donors (Lipinski definition) is 1. The van der Waals surface area contributed by atoms with Gasteiger partial charge in [-0.15, -0.1) is 0 Å². The number of ether oxygens (including phenoxy) is 1. The third-order valence-corrected chi connectivity index (χ3v) is 6.40. The molecule has 7 nitrogen and oxygen atoms in total. The van der Waals surface area contributed by atoms with Crippen molar-refractivity contribution in [2.45, 2.75) is 13.8 Å². The van der Waals surface area contributed by atoms with E-state index in [-0.39, 0.29) is 22.0 Å². The molecule has 0 spiro atoms. The molecule has 0 saturated carbocycles. The number of benzene rings is 2. The Bertz CT molecular complexity index is 1020. The number of hydrogen-bond acceptors (Lipinski definition) is 5. The van der Waals surface area contributed by atoms with Crippen LogP contribution in [0.3, 0.4) is 0 Å². The zero-order valence-electron chi connectivity index (χ0n) is 15.3. The van der Waals surface area contributed by atoms with Gasteiger partial charge in [0, 0.05) is 5.69 Å². The molecule has 0 aliphatic carbocycles. The van der Waals surface area contributed by atoms with Gasteiger partial charge in [-0.3, -0.25) is 9.59 Å². The van der Waals surface area contributed by atoms with Crippen LogP contribution in [-0.4, -0.2) is 32.6 Å². The lowest BCUT2D eigenvalue weighted by Crippen LogP contribution is -2.30. The van der Waals surface area contributed by atoms with E-state index in [1.807, 2.05) is 6.92 Å². The number of sulfonamides is 1. The largest absolute Gasteiger partial charge is 0.494 e. The van der Waals surface area contributed by atoms with Crippen LogP contribution in [0.1, 0.15) is 24.2 Å². The van der Waals surface area contributed by atoms with Crippen molar-refractivity contribution in [1.82, 2.24) is 0 Å². The van der Waals surface area contributed by atoms with E-state index in [0.717, 1.165) is 4.31 Å². The van der Waals surface area contributed by atoms with Crippen molar-refractivity contribution in [2.75, 3.05) is 22.0 Å². The summed E-state index contributed by atoms with van der Waals surface area (Å²) in [5.74, 6) is -1.14. The quantitative estimate of drug-likeness (QED) is 0.797. The number of halogens is 1. The number of nitrogens with one attached hydrogen (secondary N) is 1. The SMILES string of the molecule is CCOc1ccc(NC(=O)c2ccc(N3C(=O)C(C)CS3(=O)=O)cc2Cl)cc1. The Morgan fingerprint density at radius 2 is 1.93 bits per heavy atom. The van der Waals surface area contributed by atoms with Gasteiger partial charge in [-0.1, -0.05) is 18.5 Å². The molecule has 3 rings (SSSR count). The highest BCUT2D eigenvalue weighted by atomic mass is 35.5. The van der Waals surface area contributed by atoms with Gasteiger partial charge in [-0.25, -0.2) is 12.7 Å². The van der Waals surface area contributed by atoms with Crippen molar-refractivity contribution in [3.8, 4) is 5.75 Å². The highest BCUT2D eigenvalue weighted by Gasteiger charge is 2.42. The highest BCUT2D eigenvalue weighted by Crippen LogP contribution is 2.31. The average Bonchev–Trinajstić information content (AvgIpc) is 2.83.